The van der Waals surface area contributed by atoms with E-state index in [9.17, 15) is 9.59 Å². The maximum atomic E-state index is 12.6. The Bertz CT molecular complexity index is 1060. The second-order valence-electron chi connectivity index (χ2n) is 8.67. The fourth-order valence-electron chi connectivity index (χ4n) is 3.40. The number of aryl methyl sites for hydroxylation is 2. The second-order valence-corrected chi connectivity index (χ2v) is 8.67. The van der Waals surface area contributed by atoms with Gasteiger partial charge >= 0.3 is 0 Å². The van der Waals surface area contributed by atoms with Crippen molar-refractivity contribution in [2.75, 3.05) is 11.9 Å². The highest BCUT2D eigenvalue weighted by Gasteiger charge is 2.17. The molecule has 6 heteroatoms. The maximum absolute atomic E-state index is 12.6. The van der Waals surface area contributed by atoms with Crippen molar-refractivity contribution in [3.05, 3.63) is 65.1 Å². The zero-order valence-electron chi connectivity index (χ0n) is 18.4. The lowest BCUT2D eigenvalue weighted by Crippen LogP contribution is -2.27. The predicted octanol–water partition coefficient (Wildman–Crippen LogP) is 4.40. The molecule has 0 atom stereocenters. The van der Waals surface area contributed by atoms with Gasteiger partial charge in [-0.15, -0.1) is 0 Å². The van der Waals surface area contributed by atoms with E-state index in [4.69, 9.17) is 0 Å². The van der Waals surface area contributed by atoms with Gasteiger partial charge in [0.1, 0.15) is 11.3 Å². The lowest BCUT2D eigenvalue weighted by atomic mass is 9.87. The maximum Gasteiger partial charge on any atom is 0.270 e. The van der Waals surface area contributed by atoms with Gasteiger partial charge in [0, 0.05) is 24.8 Å². The molecule has 0 unspecified atom stereocenters. The second kappa shape index (κ2) is 8.69. The molecular weight excluding hydrogens is 376 g/mol. The van der Waals surface area contributed by atoms with Crippen LogP contribution in [0.15, 0.2) is 42.6 Å². The number of carbonyl (C=O) groups excluding carboxylic acids is 2. The van der Waals surface area contributed by atoms with Crippen LogP contribution in [0.4, 0.5) is 5.69 Å². The molecule has 6 nitrogen and oxygen atoms in total. The van der Waals surface area contributed by atoms with Crippen LogP contribution in [0.3, 0.4) is 0 Å². The van der Waals surface area contributed by atoms with Crippen molar-refractivity contribution in [1.29, 1.82) is 0 Å². The largest absolute Gasteiger partial charge is 0.351 e. The molecule has 0 aliphatic heterocycles. The van der Waals surface area contributed by atoms with E-state index >= 15 is 0 Å². The minimum atomic E-state index is -0.177. The monoisotopic (exact) mass is 406 g/mol. The number of fused-ring (bicyclic) bond motifs is 1. The third-order valence-electron chi connectivity index (χ3n) is 5.14. The number of aromatic nitrogens is 2. The molecule has 0 aliphatic rings. The number of nitrogens with one attached hydrogen (secondary N) is 2. The van der Waals surface area contributed by atoms with Gasteiger partial charge in [-0.25, -0.2) is 4.98 Å². The summed E-state index contributed by atoms with van der Waals surface area (Å²) in [4.78, 5) is 29.3. The molecule has 30 heavy (non-hydrogen) atoms. The number of carbonyl (C=O) groups is 2. The summed E-state index contributed by atoms with van der Waals surface area (Å²) in [6, 6.07) is 11.8. The van der Waals surface area contributed by atoms with Gasteiger partial charge < -0.3 is 10.6 Å². The van der Waals surface area contributed by atoms with Gasteiger partial charge in [0.15, 0.2) is 0 Å². The van der Waals surface area contributed by atoms with Gasteiger partial charge in [-0.2, -0.15) is 0 Å². The van der Waals surface area contributed by atoms with Crippen LogP contribution < -0.4 is 10.6 Å². The van der Waals surface area contributed by atoms with Crippen molar-refractivity contribution in [2.45, 2.75) is 52.9 Å². The van der Waals surface area contributed by atoms with Crippen LogP contribution in [0.2, 0.25) is 0 Å². The lowest BCUT2D eigenvalue weighted by molar-refractivity contribution is -0.116. The van der Waals surface area contributed by atoms with Crippen LogP contribution in [0.5, 0.6) is 0 Å². The highest BCUT2D eigenvalue weighted by Crippen LogP contribution is 2.23. The van der Waals surface area contributed by atoms with Gasteiger partial charge in [0.05, 0.1) is 5.69 Å². The SMILES string of the molecule is Cc1nc2c(C)cccn2c1C(=O)NCCCC(=O)Nc1ccc(C(C)(C)C)cc1. The summed E-state index contributed by atoms with van der Waals surface area (Å²) in [5.74, 6) is -0.238. The molecule has 3 aromatic rings. The minimum Gasteiger partial charge on any atom is -0.351 e. The van der Waals surface area contributed by atoms with Crippen LogP contribution in [0, 0.1) is 13.8 Å². The Balaban J connectivity index is 1.49. The van der Waals surface area contributed by atoms with E-state index in [0.717, 1.165) is 16.9 Å². The molecule has 3 rings (SSSR count). The molecular formula is C24H30N4O2. The quantitative estimate of drug-likeness (QED) is 0.596. The Hall–Kier alpha value is -3.15. The molecule has 0 saturated heterocycles. The van der Waals surface area contributed by atoms with Crippen LogP contribution in [-0.4, -0.2) is 27.7 Å². The number of imidazole rings is 1. The van der Waals surface area contributed by atoms with E-state index in [1.165, 1.54) is 5.56 Å². The topological polar surface area (TPSA) is 75.5 Å². The predicted molar refractivity (Wildman–Crippen MR) is 120 cm³/mol. The van der Waals surface area contributed by atoms with Crippen molar-refractivity contribution in [2.24, 2.45) is 0 Å². The van der Waals surface area contributed by atoms with Crippen LogP contribution >= 0.6 is 0 Å². The highest BCUT2D eigenvalue weighted by atomic mass is 16.2. The number of rotatable bonds is 6. The Kier molecular flexibility index (Phi) is 6.25. The van der Waals surface area contributed by atoms with Gasteiger partial charge in [0.25, 0.3) is 5.91 Å². The van der Waals surface area contributed by atoms with Crippen LogP contribution in [0.1, 0.15) is 60.9 Å². The van der Waals surface area contributed by atoms with Gasteiger partial charge in [-0.3, -0.25) is 14.0 Å². The average Bonchev–Trinajstić information content (AvgIpc) is 3.02. The van der Waals surface area contributed by atoms with E-state index in [1.807, 2.05) is 60.8 Å². The van der Waals surface area contributed by atoms with E-state index in [-0.39, 0.29) is 17.2 Å². The number of hydrogen-bond acceptors (Lipinski definition) is 3. The van der Waals surface area contributed by atoms with Crippen molar-refractivity contribution in [3.8, 4) is 0 Å². The van der Waals surface area contributed by atoms with Gasteiger partial charge in [-0.1, -0.05) is 39.0 Å². The van der Waals surface area contributed by atoms with Crippen molar-refractivity contribution < 1.29 is 9.59 Å². The number of anilines is 1. The third kappa shape index (κ3) is 4.87. The zero-order chi connectivity index (χ0) is 21.9. The Labute approximate surface area is 177 Å². The van der Waals surface area contributed by atoms with E-state index in [1.54, 1.807) is 0 Å². The zero-order valence-corrected chi connectivity index (χ0v) is 18.4. The standard InChI is InChI=1S/C24H30N4O2/c1-16-8-7-15-28-21(17(2)26-22(16)28)23(30)25-14-6-9-20(29)27-19-12-10-18(11-13-19)24(3,4)5/h7-8,10-13,15H,6,9,14H2,1-5H3,(H,25,30)(H,27,29). The Morgan fingerprint density at radius 2 is 1.77 bits per heavy atom. The van der Waals surface area contributed by atoms with Gasteiger partial charge in [-0.05, 0) is 55.0 Å². The summed E-state index contributed by atoms with van der Waals surface area (Å²) in [6.45, 7) is 10.7. The highest BCUT2D eigenvalue weighted by molar-refractivity contribution is 5.95. The molecule has 2 heterocycles. The number of amides is 2. The molecule has 0 radical (unpaired) electrons. The number of hydrogen-bond donors (Lipinski definition) is 2. The first kappa shape index (κ1) is 21.6. The number of nitrogens with zero attached hydrogens (tertiary/aromatic N) is 2. The summed E-state index contributed by atoms with van der Waals surface area (Å²) < 4.78 is 1.81. The average molecular weight is 407 g/mol. The molecule has 2 amide bonds. The Morgan fingerprint density at radius 3 is 2.43 bits per heavy atom. The molecule has 0 fully saturated rings. The normalized spacial score (nSPS) is 11.5. The molecule has 0 bridgehead atoms. The first-order valence-corrected chi connectivity index (χ1v) is 10.3. The Morgan fingerprint density at radius 1 is 1.07 bits per heavy atom. The fraction of sp³-hybridized carbons (Fsp3) is 0.375. The van der Waals surface area contributed by atoms with E-state index in [2.05, 4.69) is 36.4 Å². The van der Waals surface area contributed by atoms with E-state index < -0.39 is 0 Å². The summed E-state index contributed by atoms with van der Waals surface area (Å²) in [7, 11) is 0. The first-order chi connectivity index (χ1) is 14.2. The van der Waals surface area contributed by atoms with Crippen molar-refractivity contribution in [1.82, 2.24) is 14.7 Å². The summed E-state index contributed by atoms with van der Waals surface area (Å²) in [5, 5.41) is 5.81. The molecule has 0 saturated carbocycles. The number of pyridine rings is 1. The molecule has 0 aliphatic carbocycles. The smallest absolute Gasteiger partial charge is 0.270 e. The summed E-state index contributed by atoms with van der Waals surface area (Å²) in [5.41, 5.74) is 5.13. The lowest BCUT2D eigenvalue weighted by Gasteiger charge is -2.19. The minimum absolute atomic E-state index is 0.0608. The van der Waals surface area contributed by atoms with Crippen molar-refractivity contribution in [3.63, 3.8) is 0 Å². The van der Waals surface area contributed by atoms with Gasteiger partial charge in [0.2, 0.25) is 5.91 Å². The van der Waals surface area contributed by atoms with Crippen molar-refractivity contribution >= 4 is 23.1 Å². The summed E-state index contributed by atoms with van der Waals surface area (Å²) >= 11 is 0. The molecule has 1 aromatic carbocycles. The molecule has 2 aromatic heterocycles. The third-order valence-corrected chi connectivity index (χ3v) is 5.14. The fourth-order valence-corrected chi connectivity index (χ4v) is 3.40. The van der Waals surface area contributed by atoms with Crippen LogP contribution in [0.25, 0.3) is 5.65 Å². The first-order valence-electron chi connectivity index (χ1n) is 10.3. The van der Waals surface area contributed by atoms with E-state index in [0.29, 0.717) is 30.8 Å². The molecule has 2 N–H and O–H groups in total. The number of benzene rings is 1. The molecule has 0 spiro atoms. The summed E-state index contributed by atoms with van der Waals surface area (Å²) in [6.07, 6.45) is 2.74. The molecule has 158 valence electrons. The van der Waals surface area contributed by atoms with Crippen LogP contribution in [-0.2, 0) is 10.2 Å².